The molecule has 34 heavy (non-hydrogen) atoms. The minimum absolute atomic E-state index is 0.121. The van der Waals surface area contributed by atoms with E-state index in [1.165, 1.54) is 6.07 Å². The van der Waals surface area contributed by atoms with Crippen LogP contribution in [0.1, 0.15) is 25.0 Å². The molecular weight excluding hydrogens is 420 g/mol. The molecule has 0 amide bonds. The minimum Gasteiger partial charge on any atom is -0.504 e. The molecule has 0 saturated heterocycles. The van der Waals surface area contributed by atoms with Crippen LogP contribution in [-0.2, 0) is 5.41 Å². The zero-order valence-electron chi connectivity index (χ0n) is 19.2. The molecule has 1 aliphatic heterocycles. The lowest BCUT2D eigenvalue weighted by molar-refractivity contribution is 0.403. The maximum Gasteiger partial charge on any atom is 0.159 e. The summed E-state index contributed by atoms with van der Waals surface area (Å²) in [5.41, 5.74) is 6.44. The number of anilines is 3. The molecule has 0 bridgehead atoms. The standard InChI is InChI=1S/C30H26N2O2/c1-30(2)25-19-27(33)28(34)20-26(25)31-29(30)18-15-21-13-16-24(17-14-21)32(22-9-5-3-6-10-22)23-11-7-4-8-12-23/h3-20,33-34H,1-2H3/b18-15+. The van der Waals surface area contributed by atoms with E-state index < -0.39 is 0 Å². The second-order valence-electron chi connectivity index (χ2n) is 8.91. The number of para-hydroxylation sites is 2. The van der Waals surface area contributed by atoms with Crippen molar-refractivity contribution in [3.8, 4) is 11.5 Å². The van der Waals surface area contributed by atoms with Crippen LogP contribution in [0.5, 0.6) is 11.5 Å². The average molecular weight is 447 g/mol. The van der Waals surface area contributed by atoms with Crippen molar-refractivity contribution in [2.75, 3.05) is 4.90 Å². The van der Waals surface area contributed by atoms with Crippen molar-refractivity contribution in [1.29, 1.82) is 0 Å². The molecule has 0 unspecified atom stereocenters. The average Bonchev–Trinajstić information content (AvgIpc) is 3.09. The van der Waals surface area contributed by atoms with Crippen LogP contribution < -0.4 is 4.90 Å². The molecule has 0 radical (unpaired) electrons. The fourth-order valence-corrected chi connectivity index (χ4v) is 4.32. The van der Waals surface area contributed by atoms with Crippen molar-refractivity contribution in [1.82, 2.24) is 0 Å². The van der Waals surface area contributed by atoms with E-state index in [1.807, 2.05) is 48.6 Å². The maximum absolute atomic E-state index is 9.92. The second-order valence-corrected chi connectivity index (χ2v) is 8.91. The predicted molar refractivity (Wildman–Crippen MR) is 140 cm³/mol. The molecule has 4 aromatic carbocycles. The number of rotatable bonds is 5. The Morgan fingerprint density at radius 2 is 1.21 bits per heavy atom. The fraction of sp³-hybridized carbons (Fsp3) is 0.100. The van der Waals surface area contributed by atoms with Gasteiger partial charge in [0.25, 0.3) is 0 Å². The molecule has 5 rings (SSSR count). The van der Waals surface area contributed by atoms with E-state index in [9.17, 15) is 10.2 Å². The molecule has 0 fully saturated rings. The topological polar surface area (TPSA) is 56.1 Å². The number of allylic oxidation sites excluding steroid dienone is 1. The van der Waals surface area contributed by atoms with Gasteiger partial charge in [-0.1, -0.05) is 68.5 Å². The number of nitrogens with zero attached hydrogens (tertiary/aromatic N) is 2. The Bertz CT molecular complexity index is 1330. The van der Waals surface area contributed by atoms with Crippen LogP contribution in [0.15, 0.2) is 108 Å². The molecule has 0 aliphatic carbocycles. The zero-order chi connectivity index (χ0) is 23.7. The first-order valence-electron chi connectivity index (χ1n) is 11.3. The van der Waals surface area contributed by atoms with Gasteiger partial charge in [-0.05, 0) is 59.7 Å². The predicted octanol–water partition coefficient (Wildman–Crippen LogP) is 7.64. The Hall–Kier alpha value is -4.31. The Balaban J connectivity index is 1.43. The molecule has 0 saturated carbocycles. The van der Waals surface area contributed by atoms with Crippen LogP contribution in [0, 0.1) is 0 Å². The summed E-state index contributed by atoms with van der Waals surface area (Å²) < 4.78 is 0. The number of aromatic hydroxyl groups is 2. The van der Waals surface area contributed by atoms with Gasteiger partial charge in [-0.15, -0.1) is 0 Å². The second kappa shape index (κ2) is 8.56. The van der Waals surface area contributed by atoms with Crippen molar-refractivity contribution in [3.05, 3.63) is 114 Å². The number of aliphatic imine (C=N–C) groups is 1. The Morgan fingerprint density at radius 1 is 0.676 bits per heavy atom. The van der Waals surface area contributed by atoms with Crippen LogP contribution in [0.3, 0.4) is 0 Å². The zero-order valence-corrected chi connectivity index (χ0v) is 19.2. The summed E-state index contributed by atoms with van der Waals surface area (Å²) in [6.45, 7) is 4.14. The van der Waals surface area contributed by atoms with Crippen molar-refractivity contribution in [2.24, 2.45) is 4.99 Å². The number of hydrogen-bond acceptors (Lipinski definition) is 4. The highest BCUT2D eigenvalue weighted by molar-refractivity contribution is 6.10. The Labute approximate surface area is 199 Å². The summed E-state index contributed by atoms with van der Waals surface area (Å²) in [4.78, 5) is 6.93. The largest absolute Gasteiger partial charge is 0.504 e. The number of hydrogen-bond donors (Lipinski definition) is 2. The van der Waals surface area contributed by atoms with E-state index in [2.05, 4.69) is 67.3 Å². The lowest BCUT2D eigenvalue weighted by Crippen LogP contribution is -2.23. The monoisotopic (exact) mass is 446 g/mol. The van der Waals surface area contributed by atoms with Gasteiger partial charge in [0.1, 0.15) is 0 Å². The SMILES string of the molecule is CC1(C)C(/C=C/c2ccc(N(c3ccccc3)c3ccccc3)cc2)=Nc2cc(O)c(O)cc21. The van der Waals surface area contributed by atoms with E-state index in [0.29, 0.717) is 5.69 Å². The van der Waals surface area contributed by atoms with Crippen molar-refractivity contribution in [3.63, 3.8) is 0 Å². The van der Waals surface area contributed by atoms with E-state index in [4.69, 9.17) is 4.99 Å². The first-order chi connectivity index (χ1) is 16.4. The fourth-order valence-electron chi connectivity index (χ4n) is 4.32. The van der Waals surface area contributed by atoms with Gasteiger partial charge in [0.05, 0.1) is 11.4 Å². The third-order valence-corrected chi connectivity index (χ3v) is 6.26. The normalized spacial score (nSPS) is 14.1. The molecule has 0 aromatic heterocycles. The number of benzene rings is 4. The highest BCUT2D eigenvalue weighted by Crippen LogP contribution is 2.45. The van der Waals surface area contributed by atoms with Crippen molar-refractivity contribution in [2.45, 2.75) is 19.3 Å². The van der Waals surface area contributed by atoms with E-state index >= 15 is 0 Å². The third-order valence-electron chi connectivity index (χ3n) is 6.26. The van der Waals surface area contributed by atoms with Crippen molar-refractivity contribution < 1.29 is 10.2 Å². The lowest BCUT2D eigenvalue weighted by Gasteiger charge is -2.25. The summed E-state index contributed by atoms with van der Waals surface area (Å²) in [5.74, 6) is -0.273. The first kappa shape index (κ1) is 21.5. The number of fused-ring (bicyclic) bond motifs is 1. The summed E-state index contributed by atoms with van der Waals surface area (Å²) in [7, 11) is 0. The molecule has 2 N–H and O–H groups in total. The molecular formula is C30H26N2O2. The van der Waals surface area contributed by atoms with Gasteiger partial charge in [-0.2, -0.15) is 0 Å². The van der Waals surface area contributed by atoms with Crippen LogP contribution in [-0.4, -0.2) is 15.9 Å². The Morgan fingerprint density at radius 3 is 1.79 bits per heavy atom. The summed E-state index contributed by atoms with van der Waals surface area (Å²) in [5, 5.41) is 19.8. The summed E-state index contributed by atoms with van der Waals surface area (Å²) in [6, 6.07) is 32.2. The third kappa shape index (κ3) is 3.95. The van der Waals surface area contributed by atoms with E-state index in [1.54, 1.807) is 6.07 Å². The van der Waals surface area contributed by atoms with Crippen LogP contribution in [0.2, 0.25) is 0 Å². The molecule has 1 heterocycles. The van der Waals surface area contributed by atoms with Gasteiger partial charge in [-0.25, -0.2) is 0 Å². The van der Waals surface area contributed by atoms with E-state index in [-0.39, 0.29) is 16.9 Å². The van der Waals surface area contributed by atoms with Gasteiger partial charge >= 0.3 is 0 Å². The van der Waals surface area contributed by atoms with Gasteiger partial charge in [-0.3, -0.25) is 4.99 Å². The molecule has 4 aromatic rings. The molecule has 1 aliphatic rings. The number of phenols is 2. The van der Waals surface area contributed by atoms with Crippen LogP contribution in [0.4, 0.5) is 22.7 Å². The highest BCUT2D eigenvalue weighted by atomic mass is 16.3. The van der Waals surface area contributed by atoms with Gasteiger partial charge in [0.15, 0.2) is 11.5 Å². The molecule has 0 spiro atoms. The van der Waals surface area contributed by atoms with Gasteiger partial charge < -0.3 is 15.1 Å². The number of phenolic OH excluding ortho intramolecular Hbond substituents is 2. The minimum atomic E-state index is -0.367. The smallest absolute Gasteiger partial charge is 0.159 e. The Kier molecular flexibility index (Phi) is 5.42. The van der Waals surface area contributed by atoms with Crippen molar-refractivity contribution >= 4 is 34.5 Å². The van der Waals surface area contributed by atoms with Crippen LogP contribution in [0.25, 0.3) is 6.08 Å². The molecule has 4 heteroatoms. The first-order valence-corrected chi connectivity index (χ1v) is 11.3. The van der Waals surface area contributed by atoms with Gasteiger partial charge in [0.2, 0.25) is 0 Å². The molecule has 4 nitrogen and oxygen atoms in total. The van der Waals surface area contributed by atoms with E-state index in [0.717, 1.165) is 33.9 Å². The molecule has 168 valence electrons. The summed E-state index contributed by atoms with van der Waals surface area (Å²) in [6.07, 6.45) is 4.06. The van der Waals surface area contributed by atoms with Crippen LogP contribution >= 0.6 is 0 Å². The molecule has 0 atom stereocenters. The van der Waals surface area contributed by atoms with Gasteiger partial charge in [0, 0.05) is 28.5 Å². The summed E-state index contributed by atoms with van der Waals surface area (Å²) >= 11 is 0. The highest BCUT2D eigenvalue weighted by Gasteiger charge is 2.34. The quantitative estimate of drug-likeness (QED) is 0.310. The lowest BCUT2D eigenvalue weighted by atomic mass is 9.81. The maximum atomic E-state index is 9.92.